The first kappa shape index (κ1) is 16.1. The Kier molecular flexibility index (Phi) is 4.54. The number of fused-ring (bicyclic) bond motifs is 1. The van der Waals surface area contributed by atoms with Gasteiger partial charge in [-0.05, 0) is 25.1 Å². The maximum atomic E-state index is 12.4. The highest BCUT2D eigenvalue weighted by atomic mass is 16.5. The Morgan fingerprint density at radius 3 is 2.68 bits per heavy atom. The van der Waals surface area contributed by atoms with Crippen molar-refractivity contribution in [1.29, 1.82) is 0 Å². The molecule has 1 unspecified atom stereocenters. The summed E-state index contributed by atoms with van der Waals surface area (Å²) in [5.41, 5.74) is 2.24. The van der Waals surface area contributed by atoms with Crippen molar-refractivity contribution in [2.45, 2.75) is 26.3 Å². The van der Waals surface area contributed by atoms with Gasteiger partial charge in [0.25, 0.3) is 5.91 Å². The standard InChI is InChI=1S/C17H23N3O2/c1-6-12(2)20(22)11-15-13-9-10-19(5)16(13)8-7-14(15)17(21)18(3)4/h7-12H,6H2,1-5H3/b20-11-. The second-order valence-corrected chi connectivity index (χ2v) is 5.83. The lowest BCUT2D eigenvalue weighted by Crippen LogP contribution is -2.24. The average Bonchev–Trinajstić information content (AvgIpc) is 2.87. The molecule has 1 amide bonds. The summed E-state index contributed by atoms with van der Waals surface area (Å²) in [6, 6.07) is 5.53. The van der Waals surface area contributed by atoms with Gasteiger partial charge in [0, 0.05) is 44.7 Å². The van der Waals surface area contributed by atoms with Gasteiger partial charge in [-0.1, -0.05) is 6.92 Å². The first-order valence-corrected chi connectivity index (χ1v) is 7.46. The number of rotatable bonds is 4. The van der Waals surface area contributed by atoms with E-state index in [1.807, 2.05) is 43.8 Å². The number of aromatic nitrogens is 1. The van der Waals surface area contributed by atoms with Gasteiger partial charge in [0.05, 0.1) is 11.1 Å². The summed E-state index contributed by atoms with van der Waals surface area (Å²) in [5.74, 6) is -0.102. The number of benzene rings is 1. The molecule has 1 atom stereocenters. The molecule has 2 rings (SSSR count). The van der Waals surface area contributed by atoms with Crippen molar-refractivity contribution in [3.8, 4) is 0 Å². The number of hydroxylamine groups is 1. The number of carbonyl (C=O) groups excluding carboxylic acids is 1. The van der Waals surface area contributed by atoms with Gasteiger partial charge in [-0.3, -0.25) is 4.79 Å². The Bertz CT molecular complexity index is 729. The molecule has 5 nitrogen and oxygen atoms in total. The Morgan fingerprint density at radius 2 is 2.09 bits per heavy atom. The highest BCUT2D eigenvalue weighted by Crippen LogP contribution is 2.23. The summed E-state index contributed by atoms with van der Waals surface area (Å²) in [6.45, 7) is 3.85. The zero-order valence-corrected chi connectivity index (χ0v) is 13.8. The highest BCUT2D eigenvalue weighted by molar-refractivity contribution is 6.09. The Balaban J connectivity index is 2.70. The lowest BCUT2D eigenvalue weighted by Gasteiger charge is -2.15. The van der Waals surface area contributed by atoms with Gasteiger partial charge in [0.15, 0.2) is 12.3 Å². The molecule has 0 N–H and O–H groups in total. The van der Waals surface area contributed by atoms with Crippen LogP contribution in [0, 0.1) is 5.21 Å². The van der Waals surface area contributed by atoms with E-state index < -0.39 is 0 Å². The van der Waals surface area contributed by atoms with Crippen LogP contribution < -0.4 is 0 Å². The largest absolute Gasteiger partial charge is 0.624 e. The fraction of sp³-hybridized carbons (Fsp3) is 0.412. The van der Waals surface area contributed by atoms with Crippen LogP contribution in [0.5, 0.6) is 0 Å². The van der Waals surface area contributed by atoms with Crippen LogP contribution in [-0.4, -0.2) is 46.5 Å². The molecule has 0 aliphatic heterocycles. The number of nitrogens with zero attached hydrogens (tertiary/aromatic N) is 3. The molecular weight excluding hydrogens is 278 g/mol. The van der Waals surface area contributed by atoms with Gasteiger partial charge in [0.1, 0.15) is 0 Å². The van der Waals surface area contributed by atoms with Crippen molar-refractivity contribution >= 4 is 23.0 Å². The molecule has 0 aliphatic rings. The second kappa shape index (κ2) is 6.22. The molecule has 0 bridgehead atoms. The Labute approximate surface area is 131 Å². The van der Waals surface area contributed by atoms with Crippen molar-refractivity contribution in [3.63, 3.8) is 0 Å². The van der Waals surface area contributed by atoms with Gasteiger partial charge in [-0.25, -0.2) is 4.74 Å². The van der Waals surface area contributed by atoms with Gasteiger partial charge in [0.2, 0.25) is 0 Å². The molecule has 1 aromatic heterocycles. The Hall–Kier alpha value is -2.30. The third kappa shape index (κ3) is 2.84. The van der Waals surface area contributed by atoms with Crippen molar-refractivity contribution in [2.75, 3.05) is 14.1 Å². The van der Waals surface area contributed by atoms with Crippen LogP contribution in [-0.2, 0) is 7.05 Å². The molecule has 1 aromatic carbocycles. The lowest BCUT2D eigenvalue weighted by molar-refractivity contribution is -0.492. The summed E-state index contributed by atoms with van der Waals surface area (Å²) in [4.78, 5) is 13.9. The molecule has 2 aromatic rings. The second-order valence-electron chi connectivity index (χ2n) is 5.83. The van der Waals surface area contributed by atoms with E-state index in [9.17, 15) is 10.0 Å². The minimum atomic E-state index is -0.124. The predicted molar refractivity (Wildman–Crippen MR) is 89.5 cm³/mol. The molecule has 0 saturated carbocycles. The quantitative estimate of drug-likeness (QED) is 0.377. The molecule has 0 fully saturated rings. The van der Waals surface area contributed by atoms with E-state index in [0.717, 1.165) is 22.1 Å². The van der Waals surface area contributed by atoms with Crippen LogP contribution >= 0.6 is 0 Å². The smallest absolute Gasteiger partial charge is 0.254 e. The minimum absolute atomic E-state index is 0.102. The summed E-state index contributed by atoms with van der Waals surface area (Å²) >= 11 is 0. The van der Waals surface area contributed by atoms with Crippen molar-refractivity contribution < 1.29 is 9.53 Å². The van der Waals surface area contributed by atoms with E-state index in [1.54, 1.807) is 26.4 Å². The van der Waals surface area contributed by atoms with Gasteiger partial charge in [-0.15, -0.1) is 0 Å². The van der Waals surface area contributed by atoms with Crippen LogP contribution in [0.25, 0.3) is 10.9 Å². The monoisotopic (exact) mass is 301 g/mol. The Morgan fingerprint density at radius 1 is 1.41 bits per heavy atom. The SMILES string of the molecule is CCC(C)/[N+]([O-])=C/c1c(C(=O)N(C)C)ccc2c1ccn2C. The molecule has 5 heteroatoms. The summed E-state index contributed by atoms with van der Waals surface area (Å²) in [6.07, 6.45) is 4.24. The predicted octanol–water partition coefficient (Wildman–Crippen LogP) is 2.61. The fourth-order valence-corrected chi connectivity index (χ4v) is 2.38. The van der Waals surface area contributed by atoms with Crippen molar-refractivity contribution in [2.24, 2.45) is 7.05 Å². The average molecular weight is 301 g/mol. The molecule has 118 valence electrons. The van der Waals surface area contributed by atoms with Crippen molar-refractivity contribution in [1.82, 2.24) is 9.47 Å². The summed E-state index contributed by atoms with van der Waals surface area (Å²) < 4.78 is 2.92. The molecule has 0 spiro atoms. The third-order valence-corrected chi connectivity index (χ3v) is 4.03. The van der Waals surface area contributed by atoms with E-state index in [-0.39, 0.29) is 11.9 Å². The first-order chi connectivity index (χ1) is 10.4. The van der Waals surface area contributed by atoms with E-state index in [1.165, 1.54) is 4.90 Å². The van der Waals surface area contributed by atoms with Crippen LogP contribution in [0.3, 0.4) is 0 Å². The number of carbonyl (C=O) groups is 1. The van der Waals surface area contributed by atoms with Gasteiger partial charge < -0.3 is 14.7 Å². The van der Waals surface area contributed by atoms with E-state index in [0.29, 0.717) is 11.1 Å². The zero-order chi connectivity index (χ0) is 16.4. The first-order valence-electron chi connectivity index (χ1n) is 7.46. The number of aryl methyl sites for hydroxylation is 1. The minimum Gasteiger partial charge on any atom is -0.624 e. The van der Waals surface area contributed by atoms with Crippen molar-refractivity contribution in [3.05, 3.63) is 40.7 Å². The van der Waals surface area contributed by atoms with E-state index in [2.05, 4.69) is 0 Å². The van der Waals surface area contributed by atoms with E-state index >= 15 is 0 Å². The summed E-state index contributed by atoms with van der Waals surface area (Å²) in [7, 11) is 5.37. The molecular formula is C17H23N3O2. The zero-order valence-electron chi connectivity index (χ0n) is 13.8. The molecule has 0 radical (unpaired) electrons. The topological polar surface area (TPSA) is 51.3 Å². The third-order valence-electron chi connectivity index (χ3n) is 4.03. The molecule has 0 saturated heterocycles. The summed E-state index contributed by atoms with van der Waals surface area (Å²) in [5, 5.41) is 13.2. The van der Waals surface area contributed by atoms with Crippen LogP contribution in [0.1, 0.15) is 36.2 Å². The van der Waals surface area contributed by atoms with Gasteiger partial charge in [-0.2, -0.15) is 0 Å². The maximum absolute atomic E-state index is 12.4. The fourth-order valence-electron chi connectivity index (χ4n) is 2.38. The normalized spacial score (nSPS) is 13.4. The maximum Gasteiger partial charge on any atom is 0.254 e. The molecule has 0 aliphatic carbocycles. The number of hydrogen-bond donors (Lipinski definition) is 0. The van der Waals surface area contributed by atoms with Crippen LogP contribution in [0.15, 0.2) is 24.4 Å². The number of amides is 1. The van der Waals surface area contributed by atoms with Crippen LogP contribution in [0.2, 0.25) is 0 Å². The highest BCUT2D eigenvalue weighted by Gasteiger charge is 2.19. The molecule has 22 heavy (non-hydrogen) atoms. The number of hydrogen-bond acceptors (Lipinski definition) is 2. The lowest BCUT2D eigenvalue weighted by atomic mass is 10.0. The van der Waals surface area contributed by atoms with Gasteiger partial charge >= 0.3 is 0 Å². The molecule has 1 heterocycles. The van der Waals surface area contributed by atoms with E-state index in [4.69, 9.17) is 0 Å². The van der Waals surface area contributed by atoms with Crippen LogP contribution in [0.4, 0.5) is 0 Å².